The molecule has 4 rings (SSSR count). The second-order valence-electron chi connectivity index (χ2n) is 6.64. The van der Waals surface area contributed by atoms with Crippen molar-refractivity contribution < 1.29 is 0 Å². The lowest BCUT2D eigenvalue weighted by Crippen LogP contribution is -2.46. The van der Waals surface area contributed by atoms with Crippen LogP contribution in [0.2, 0.25) is 0 Å². The minimum absolute atomic E-state index is 0.415. The molecule has 0 aliphatic carbocycles. The average Bonchev–Trinajstić information content (AvgIpc) is 3.09. The number of benzene rings is 1. The third kappa shape index (κ3) is 3.12. The van der Waals surface area contributed by atoms with Gasteiger partial charge in [-0.1, -0.05) is 30.3 Å². The number of likely N-dealkylation sites (tertiary alicyclic amines) is 1. The molecule has 2 atom stereocenters. The number of fused-ring (bicyclic) bond motifs is 1. The van der Waals surface area contributed by atoms with Crippen LogP contribution in [0.1, 0.15) is 25.3 Å². The Morgan fingerprint density at radius 1 is 1.17 bits per heavy atom. The molecule has 2 aromatic heterocycles. The molecule has 1 aliphatic heterocycles. The molecule has 24 heavy (non-hydrogen) atoms. The molecule has 5 nitrogen and oxygen atoms in total. The van der Waals surface area contributed by atoms with E-state index in [1.54, 1.807) is 6.33 Å². The molecule has 0 amide bonds. The van der Waals surface area contributed by atoms with Gasteiger partial charge in [0, 0.05) is 31.4 Å². The zero-order valence-corrected chi connectivity index (χ0v) is 13.9. The summed E-state index contributed by atoms with van der Waals surface area (Å²) in [6.45, 7) is 4.36. The van der Waals surface area contributed by atoms with Gasteiger partial charge in [-0.2, -0.15) is 0 Å². The van der Waals surface area contributed by atoms with Crippen LogP contribution in [-0.4, -0.2) is 38.5 Å². The van der Waals surface area contributed by atoms with Crippen molar-refractivity contribution >= 4 is 16.9 Å². The summed E-state index contributed by atoms with van der Waals surface area (Å²) < 4.78 is 0. The molecule has 0 spiro atoms. The first-order valence-electron chi connectivity index (χ1n) is 8.62. The Hall–Kier alpha value is -2.40. The van der Waals surface area contributed by atoms with Crippen LogP contribution in [0.4, 0.5) is 5.82 Å². The van der Waals surface area contributed by atoms with E-state index in [2.05, 4.69) is 62.4 Å². The van der Waals surface area contributed by atoms with E-state index in [1.165, 1.54) is 18.4 Å². The lowest BCUT2D eigenvalue weighted by molar-refractivity contribution is 0.143. The van der Waals surface area contributed by atoms with E-state index in [-0.39, 0.29) is 0 Å². The van der Waals surface area contributed by atoms with Crippen molar-refractivity contribution in [3.8, 4) is 0 Å². The molecule has 2 N–H and O–H groups in total. The quantitative estimate of drug-likeness (QED) is 0.773. The highest BCUT2D eigenvalue weighted by Crippen LogP contribution is 2.24. The fraction of sp³-hybridized carbons (Fsp3) is 0.368. The Morgan fingerprint density at radius 2 is 2.04 bits per heavy atom. The van der Waals surface area contributed by atoms with Gasteiger partial charge in [0.1, 0.15) is 17.8 Å². The van der Waals surface area contributed by atoms with Crippen LogP contribution in [0.25, 0.3) is 11.0 Å². The highest BCUT2D eigenvalue weighted by molar-refractivity contribution is 5.86. The summed E-state index contributed by atoms with van der Waals surface area (Å²) in [7, 11) is 0. The molecule has 1 aromatic carbocycles. The van der Waals surface area contributed by atoms with Crippen molar-refractivity contribution in [1.82, 2.24) is 19.9 Å². The summed E-state index contributed by atoms with van der Waals surface area (Å²) >= 11 is 0. The van der Waals surface area contributed by atoms with Gasteiger partial charge in [-0.25, -0.2) is 9.97 Å². The predicted molar refractivity (Wildman–Crippen MR) is 96.8 cm³/mol. The van der Waals surface area contributed by atoms with Crippen molar-refractivity contribution in [1.29, 1.82) is 0 Å². The van der Waals surface area contributed by atoms with E-state index < -0.39 is 0 Å². The lowest BCUT2D eigenvalue weighted by Gasteiger charge is -2.38. The molecule has 1 fully saturated rings. The van der Waals surface area contributed by atoms with Gasteiger partial charge in [-0.05, 0) is 31.4 Å². The molecule has 3 heterocycles. The summed E-state index contributed by atoms with van der Waals surface area (Å²) in [5.41, 5.74) is 2.26. The summed E-state index contributed by atoms with van der Waals surface area (Å²) in [6.07, 6.45) is 5.90. The van der Waals surface area contributed by atoms with E-state index in [0.29, 0.717) is 12.1 Å². The average molecular weight is 321 g/mol. The van der Waals surface area contributed by atoms with Crippen molar-refractivity contribution in [2.45, 2.75) is 38.4 Å². The molecular formula is C19H23N5. The van der Waals surface area contributed by atoms with Gasteiger partial charge in [-0.15, -0.1) is 0 Å². The molecule has 5 heteroatoms. The lowest BCUT2D eigenvalue weighted by atomic mass is 9.98. The van der Waals surface area contributed by atoms with Crippen molar-refractivity contribution in [2.75, 3.05) is 11.9 Å². The number of aromatic amines is 1. The number of hydrogen-bond acceptors (Lipinski definition) is 4. The number of piperidine rings is 1. The van der Waals surface area contributed by atoms with Gasteiger partial charge in [-0.3, -0.25) is 4.90 Å². The fourth-order valence-electron chi connectivity index (χ4n) is 3.52. The number of nitrogens with one attached hydrogen (secondary N) is 2. The first-order chi connectivity index (χ1) is 11.8. The topological polar surface area (TPSA) is 56.8 Å². The predicted octanol–water partition coefficient (Wildman–Crippen LogP) is 3.42. The van der Waals surface area contributed by atoms with Gasteiger partial charge in [0.25, 0.3) is 0 Å². The number of rotatable bonds is 4. The van der Waals surface area contributed by atoms with Crippen LogP contribution in [0.3, 0.4) is 0 Å². The minimum atomic E-state index is 0.415. The third-order valence-corrected chi connectivity index (χ3v) is 4.93. The molecule has 3 aromatic rings. The van der Waals surface area contributed by atoms with Crippen LogP contribution in [0.15, 0.2) is 48.9 Å². The fourth-order valence-corrected chi connectivity index (χ4v) is 3.52. The Labute approximate surface area is 142 Å². The standard InChI is InChI=1S/C19H23N5/c1-14-7-8-16(12-24(14)11-15-5-3-2-4-6-15)23-19-17-9-10-20-18(17)21-13-22-19/h2-6,9-10,13-14,16H,7-8,11-12H2,1H3,(H2,20,21,22,23)/t14-,16+/m0/s1. The summed E-state index contributed by atoms with van der Waals surface area (Å²) in [5, 5.41) is 4.69. The van der Waals surface area contributed by atoms with E-state index in [1.807, 2.05) is 12.3 Å². The molecule has 1 saturated heterocycles. The first kappa shape index (κ1) is 15.1. The Balaban J connectivity index is 1.47. The largest absolute Gasteiger partial charge is 0.365 e. The van der Waals surface area contributed by atoms with Crippen LogP contribution < -0.4 is 5.32 Å². The second kappa shape index (κ2) is 6.61. The molecule has 124 valence electrons. The monoisotopic (exact) mass is 321 g/mol. The van der Waals surface area contributed by atoms with E-state index in [0.717, 1.165) is 29.9 Å². The number of anilines is 1. The minimum Gasteiger partial charge on any atom is -0.365 e. The zero-order chi connectivity index (χ0) is 16.4. The van der Waals surface area contributed by atoms with Crippen LogP contribution in [0, 0.1) is 0 Å². The maximum Gasteiger partial charge on any atom is 0.142 e. The maximum absolute atomic E-state index is 4.44. The molecule has 0 unspecified atom stereocenters. The van der Waals surface area contributed by atoms with Gasteiger partial charge < -0.3 is 10.3 Å². The van der Waals surface area contributed by atoms with E-state index in [4.69, 9.17) is 0 Å². The number of hydrogen-bond donors (Lipinski definition) is 2. The SMILES string of the molecule is C[C@H]1CC[C@@H](Nc2ncnc3[nH]ccc23)CN1Cc1ccccc1. The molecule has 0 radical (unpaired) electrons. The van der Waals surface area contributed by atoms with E-state index in [9.17, 15) is 0 Å². The van der Waals surface area contributed by atoms with Gasteiger partial charge >= 0.3 is 0 Å². The van der Waals surface area contributed by atoms with Crippen LogP contribution in [-0.2, 0) is 6.54 Å². The summed E-state index contributed by atoms with van der Waals surface area (Å²) in [6, 6.07) is 13.8. The highest BCUT2D eigenvalue weighted by Gasteiger charge is 2.26. The number of nitrogens with zero attached hydrogens (tertiary/aromatic N) is 3. The second-order valence-corrected chi connectivity index (χ2v) is 6.64. The van der Waals surface area contributed by atoms with Crippen LogP contribution >= 0.6 is 0 Å². The van der Waals surface area contributed by atoms with Crippen LogP contribution in [0.5, 0.6) is 0 Å². The Kier molecular flexibility index (Phi) is 4.17. The van der Waals surface area contributed by atoms with Crippen molar-refractivity contribution in [3.05, 3.63) is 54.5 Å². The third-order valence-electron chi connectivity index (χ3n) is 4.93. The summed E-state index contributed by atoms with van der Waals surface area (Å²) in [4.78, 5) is 14.4. The number of aromatic nitrogens is 3. The zero-order valence-electron chi connectivity index (χ0n) is 13.9. The Morgan fingerprint density at radius 3 is 2.92 bits per heavy atom. The molecule has 0 saturated carbocycles. The van der Waals surface area contributed by atoms with E-state index >= 15 is 0 Å². The van der Waals surface area contributed by atoms with Crippen molar-refractivity contribution in [2.24, 2.45) is 0 Å². The van der Waals surface area contributed by atoms with Crippen molar-refractivity contribution in [3.63, 3.8) is 0 Å². The Bertz CT molecular complexity index is 798. The molecular weight excluding hydrogens is 298 g/mol. The highest BCUT2D eigenvalue weighted by atomic mass is 15.2. The maximum atomic E-state index is 4.44. The summed E-state index contributed by atoms with van der Waals surface area (Å²) in [5.74, 6) is 0.931. The smallest absolute Gasteiger partial charge is 0.142 e. The molecule has 1 aliphatic rings. The van der Waals surface area contributed by atoms with Gasteiger partial charge in [0.05, 0.1) is 5.39 Å². The van der Waals surface area contributed by atoms with Gasteiger partial charge in [0.2, 0.25) is 0 Å². The molecule has 0 bridgehead atoms. The van der Waals surface area contributed by atoms with Gasteiger partial charge in [0.15, 0.2) is 0 Å². The number of H-pyrrole nitrogens is 1. The first-order valence-corrected chi connectivity index (χ1v) is 8.62. The normalized spacial score (nSPS) is 21.9.